The molecular formula is C12H14BrN3O. The minimum atomic E-state index is -0.148. The van der Waals surface area contributed by atoms with E-state index in [0.29, 0.717) is 16.9 Å². The molecule has 1 aromatic heterocycles. The lowest BCUT2D eigenvalue weighted by molar-refractivity contribution is 0.626. The monoisotopic (exact) mass is 295 g/mol. The number of benzene rings is 1. The van der Waals surface area contributed by atoms with Crippen molar-refractivity contribution in [3.63, 3.8) is 0 Å². The van der Waals surface area contributed by atoms with E-state index >= 15 is 0 Å². The number of nitrogens with one attached hydrogen (secondary N) is 2. The maximum Gasteiger partial charge on any atom is 0.260 e. The van der Waals surface area contributed by atoms with Crippen LogP contribution < -0.4 is 10.9 Å². The van der Waals surface area contributed by atoms with Crippen LogP contribution in [0.4, 0.5) is 5.95 Å². The van der Waals surface area contributed by atoms with Gasteiger partial charge in [-0.3, -0.25) is 9.78 Å². The van der Waals surface area contributed by atoms with Crippen LogP contribution in [-0.4, -0.2) is 15.5 Å². The highest BCUT2D eigenvalue weighted by Gasteiger charge is 2.12. The van der Waals surface area contributed by atoms with Crippen LogP contribution in [0.2, 0.25) is 0 Å². The summed E-state index contributed by atoms with van der Waals surface area (Å²) in [7, 11) is 0. The number of hydrogen-bond donors (Lipinski definition) is 2. The molecule has 0 saturated heterocycles. The summed E-state index contributed by atoms with van der Waals surface area (Å²) in [4.78, 5) is 19.0. The fourth-order valence-electron chi connectivity index (χ4n) is 1.54. The Balaban J connectivity index is 2.63. The summed E-state index contributed by atoms with van der Waals surface area (Å²) in [5.41, 5.74) is 0.385. The van der Waals surface area contributed by atoms with Gasteiger partial charge in [0.2, 0.25) is 5.95 Å². The zero-order valence-corrected chi connectivity index (χ0v) is 11.6. The predicted molar refractivity (Wildman–Crippen MR) is 73.4 cm³/mol. The Labute approximate surface area is 108 Å². The van der Waals surface area contributed by atoms with E-state index in [0.717, 1.165) is 4.47 Å². The summed E-state index contributed by atoms with van der Waals surface area (Å²) in [6.07, 6.45) is 0. The van der Waals surface area contributed by atoms with E-state index in [1.807, 2.05) is 32.9 Å². The van der Waals surface area contributed by atoms with Crippen molar-refractivity contribution in [3.05, 3.63) is 33.0 Å². The Morgan fingerprint density at radius 3 is 2.71 bits per heavy atom. The zero-order valence-electron chi connectivity index (χ0n) is 9.97. The molecule has 0 spiro atoms. The Bertz CT molecular complexity index is 613. The minimum absolute atomic E-state index is 0.136. The van der Waals surface area contributed by atoms with Gasteiger partial charge in [0.05, 0.1) is 10.9 Å². The van der Waals surface area contributed by atoms with Gasteiger partial charge in [0.1, 0.15) is 0 Å². The number of anilines is 1. The van der Waals surface area contributed by atoms with Crippen LogP contribution in [0.25, 0.3) is 10.9 Å². The summed E-state index contributed by atoms with van der Waals surface area (Å²) in [5, 5.41) is 3.74. The maximum absolute atomic E-state index is 11.9. The van der Waals surface area contributed by atoms with E-state index in [-0.39, 0.29) is 11.1 Å². The highest BCUT2D eigenvalue weighted by atomic mass is 79.9. The van der Waals surface area contributed by atoms with Gasteiger partial charge in [-0.1, -0.05) is 6.07 Å². The van der Waals surface area contributed by atoms with Crippen LogP contribution >= 0.6 is 15.9 Å². The first-order valence-electron chi connectivity index (χ1n) is 5.33. The number of H-pyrrole nitrogens is 1. The number of nitrogens with zero attached hydrogens (tertiary/aromatic N) is 1. The molecule has 2 rings (SSSR count). The van der Waals surface area contributed by atoms with Crippen molar-refractivity contribution in [1.29, 1.82) is 0 Å². The number of fused-ring (bicyclic) bond motifs is 1. The fourth-order valence-corrected chi connectivity index (χ4v) is 2.00. The van der Waals surface area contributed by atoms with E-state index in [1.54, 1.807) is 6.07 Å². The molecule has 1 aromatic carbocycles. The van der Waals surface area contributed by atoms with Gasteiger partial charge in [-0.25, -0.2) is 4.98 Å². The fraction of sp³-hybridized carbons (Fsp3) is 0.333. The first-order chi connectivity index (χ1) is 7.87. The van der Waals surface area contributed by atoms with Crippen molar-refractivity contribution < 1.29 is 0 Å². The van der Waals surface area contributed by atoms with Crippen molar-refractivity contribution in [1.82, 2.24) is 9.97 Å². The number of para-hydroxylation sites is 1. The van der Waals surface area contributed by atoms with Crippen LogP contribution in [-0.2, 0) is 0 Å². The molecule has 2 N–H and O–H groups in total. The largest absolute Gasteiger partial charge is 0.351 e. The van der Waals surface area contributed by atoms with Crippen LogP contribution in [0.3, 0.4) is 0 Å². The van der Waals surface area contributed by atoms with Gasteiger partial charge in [-0.05, 0) is 48.8 Å². The van der Waals surface area contributed by atoms with E-state index in [4.69, 9.17) is 0 Å². The molecule has 2 aromatic rings. The van der Waals surface area contributed by atoms with Crippen LogP contribution in [0.5, 0.6) is 0 Å². The Morgan fingerprint density at radius 1 is 1.35 bits per heavy atom. The molecule has 0 radical (unpaired) electrons. The lowest BCUT2D eigenvalue weighted by atomic mass is 10.1. The first-order valence-corrected chi connectivity index (χ1v) is 6.13. The van der Waals surface area contributed by atoms with Crippen LogP contribution in [0.15, 0.2) is 27.5 Å². The van der Waals surface area contributed by atoms with Gasteiger partial charge < -0.3 is 5.32 Å². The number of halogens is 1. The SMILES string of the molecule is CC(C)(C)Nc1nc2c(Br)cccc2c(=O)[nH]1. The van der Waals surface area contributed by atoms with E-state index < -0.39 is 0 Å². The molecule has 0 fully saturated rings. The van der Waals surface area contributed by atoms with Gasteiger partial charge in [0.25, 0.3) is 5.56 Å². The molecule has 0 unspecified atom stereocenters. The third kappa shape index (κ3) is 2.66. The Morgan fingerprint density at radius 2 is 2.06 bits per heavy atom. The molecule has 0 atom stereocenters. The lowest BCUT2D eigenvalue weighted by Gasteiger charge is -2.20. The number of rotatable bonds is 1. The molecule has 0 amide bonds. The third-order valence-corrected chi connectivity index (χ3v) is 2.82. The standard InChI is InChI=1S/C12H14BrN3O/c1-12(2,3)16-11-14-9-7(10(17)15-11)5-4-6-8(9)13/h4-6H,1-3H3,(H2,14,15,16,17). The summed E-state index contributed by atoms with van der Waals surface area (Å²) < 4.78 is 0.818. The van der Waals surface area contributed by atoms with Crippen molar-refractivity contribution >= 4 is 32.8 Å². The highest BCUT2D eigenvalue weighted by Crippen LogP contribution is 2.20. The van der Waals surface area contributed by atoms with Gasteiger partial charge >= 0.3 is 0 Å². The second-order valence-electron chi connectivity index (χ2n) is 4.93. The third-order valence-electron chi connectivity index (χ3n) is 2.18. The number of aromatic amines is 1. The van der Waals surface area contributed by atoms with Crippen molar-refractivity contribution in [2.45, 2.75) is 26.3 Å². The minimum Gasteiger partial charge on any atom is -0.351 e. The maximum atomic E-state index is 11.9. The zero-order chi connectivity index (χ0) is 12.6. The number of aromatic nitrogens is 2. The topological polar surface area (TPSA) is 57.8 Å². The molecule has 17 heavy (non-hydrogen) atoms. The quantitative estimate of drug-likeness (QED) is 0.850. The average molecular weight is 296 g/mol. The van der Waals surface area contributed by atoms with Crippen LogP contribution in [0.1, 0.15) is 20.8 Å². The Kier molecular flexibility index (Phi) is 2.95. The molecule has 90 valence electrons. The van der Waals surface area contributed by atoms with Crippen molar-refractivity contribution in [3.8, 4) is 0 Å². The average Bonchev–Trinajstić information content (AvgIpc) is 2.17. The smallest absolute Gasteiger partial charge is 0.260 e. The summed E-state index contributed by atoms with van der Waals surface area (Å²) in [6, 6.07) is 5.45. The second kappa shape index (κ2) is 4.14. The van der Waals surface area contributed by atoms with Crippen molar-refractivity contribution in [2.24, 2.45) is 0 Å². The molecule has 0 saturated carbocycles. The van der Waals surface area contributed by atoms with Crippen molar-refractivity contribution in [2.75, 3.05) is 5.32 Å². The van der Waals surface area contributed by atoms with Gasteiger partial charge in [-0.2, -0.15) is 0 Å². The molecule has 0 bridgehead atoms. The highest BCUT2D eigenvalue weighted by molar-refractivity contribution is 9.10. The molecule has 0 aliphatic heterocycles. The predicted octanol–water partition coefficient (Wildman–Crippen LogP) is 2.90. The van der Waals surface area contributed by atoms with E-state index in [2.05, 4.69) is 31.2 Å². The number of hydrogen-bond acceptors (Lipinski definition) is 3. The summed E-state index contributed by atoms with van der Waals surface area (Å²) in [6.45, 7) is 6.03. The molecule has 4 nitrogen and oxygen atoms in total. The first kappa shape index (κ1) is 12.1. The molecule has 0 aliphatic carbocycles. The molecule has 0 aliphatic rings. The summed E-state index contributed by atoms with van der Waals surface area (Å²) in [5.74, 6) is 0.488. The van der Waals surface area contributed by atoms with Gasteiger partial charge in [0.15, 0.2) is 0 Å². The van der Waals surface area contributed by atoms with Crippen LogP contribution in [0, 0.1) is 0 Å². The lowest BCUT2D eigenvalue weighted by Crippen LogP contribution is -2.28. The second-order valence-corrected chi connectivity index (χ2v) is 5.78. The normalized spacial score (nSPS) is 11.8. The molecule has 1 heterocycles. The van der Waals surface area contributed by atoms with Gasteiger partial charge in [-0.15, -0.1) is 0 Å². The summed E-state index contributed by atoms with van der Waals surface area (Å²) >= 11 is 3.40. The van der Waals surface area contributed by atoms with Gasteiger partial charge in [0, 0.05) is 10.0 Å². The van der Waals surface area contributed by atoms with E-state index in [1.165, 1.54) is 0 Å². The van der Waals surface area contributed by atoms with E-state index in [9.17, 15) is 4.79 Å². The Hall–Kier alpha value is -1.36. The molecule has 5 heteroatoms. The molecular weight excluding hydrogens is 282 g/mol.